The average Bonchev–Trinajstić information content (AvgIpc) is 3.00. The van der Waals surface area contributed by atoms with Gasteiger partial charge in [0.05, 0.1) is 19.8 Å². The van der Waals surface area contributed by atoms with Gasteiger partial charge in [0, 0.05) is 17.7 Å². The summed E-state index contributed by atoms with van der Waals surface area (Å²) < 4.78 is 33.3. The van der Waals surface area contributed by atoms with Gasteiger partial charge in [-0.1, -0.05) is 0 Å². The molecule has 5 rings (SSSR count). The highest BCUT2D eigenvalue weighted by Gasteiger charge is 2.46. The number of phenols is 2. The van der Waals surface area contributed by atoms with Crippen molar-refractivity contribution < 1.29 is 74.1 Å². The molecule has 2 saturated heterocycles. The Morgan fingerprint density at radius 1 is 0.795 bits per heavy atom. The number of phenolic OH excluding ortho intramolecular Hbond substituents is 2. The van der Waals surface area contributed by atoms with Gasteiger partial charge < -0.3 is 74.1 Å². The lowest BCUT2D eigenvalue weighted by atomic mass is 9.99. The van der Waals surface area contributed by atoms with Gasteiger partial charge in [-0.15, -0.1) is 0 Å². The van der Waals surface area contributed by atoms with Gasteiger partial charge in [0.25, 0.3) is 0 Å². The topological polar surface area (TPSA) is 258 Å². The highest BCUT2D eigenvalue weighted by molar-refractivity contribution is 5.88. The van der Waals surface area contributed by atoms with Crippen LogP contribution < -0.4 is 19.6 Å². The van der Waals surface area contributed by atoms with Crippen molar-refractivity contribution in [2.24, 2.45) is 0 Å². The molecule has 0 spiro atoms. The SMILES string of the molecule is COc1cc(O)c2c(=O)c(OC3OC(CO)C(O)C(O)C3O)c(-c3ccc(O)c(OC4OC(C)C(O)C(O)C4O)c3)oc2c1. The fraction of sp³-hybridized carbons (Fsp3) is 0.464. The summed E-state index contributed by atoms with van der Waals surface area (Å²) in [5.74, 6) is -2.22. The van der Waals surface area contributed by atoms with Gasteiger partial charge in [-0.25, -0.2) is 0 Å². The summed E-state index contributed by atoms with van der Waals surface area (Å²) in [6.07, 6.45) is -15.9. The summed E-state index contributed by atoms with van der Waals surface area (Å²) in [6, 6.07) is 6.03. The normalized spacial score (nSPS) is 32.4. The second-order valence-corrected chi connectivity index (χ2v) is 10.4. The number of methoxy groups -OCH3 is 1. The summed E-state index contributed by atoms with van der Waals surface area (Å²) >= 11 is 0. The molecule has 2 fully saturated rings. The molecule has 2 aromatic carbocycles. The van der Waals surface area contributed by atoms with E-state index in [2.05, 4.69) is 0 Å². The lowest BCUT2D eigenvalue weighted by Crippen LogP contribution is -2.60. The highest BCUT2D eigenvalue weighted by Crippen LogP contribution is 2.40. The lowest BCUT2D eigenvalue weighted by molar-refractivity contribution is -0.277. The van der Waals surface area contributed by atoms with E-state index in [9.17, 15) is 50.8 Å². The molecule has 2 aliphatic heterocycles. The van der Waals surface area contributed by atoms with E-state index in [0.717, 1.165) is 18.2 Å². The van der Waals surface area contributed by atoms with E-state index in [0.29, 0.717) is 0 Å². The quantitative estimate of drug-likeness (QED) is 0.141. The molecule has 10 atom stereocenters. The first-order valence-electron chi connectivity index (χ1n) is 13.4. The van der Waals surface area contributed by atoms with Crippen LogP contribution in [0.2, 0.25) is 0 Å². The van der Waals surface area contributed by atoms with Gasteiger partial charge >= 0.3 is 0 Å². The molecule has 0 amide bonds. The van der Waals surface area contributed by atoms with Crippen LogP contribution in [0.3, 0.4) is 0 Å². The molecule has 0 radical (unpaired) electrons. The standard InChI is InChI=1S/C28H32O16/c1-9-18(32)21(35)23(37)27(40-9)42-14-5-10(3-4-12(14)30)25-26(44-28-24(38)22(36)19(33)16(8-29)43-28)20(34)17-13(31)6-11(39-2)7-15(17)41-25/h3-7,9,16,18-19,21-24,27-33,35-38H,8H2,1-2H3. The van der Waals surface area contributed by atoms with Crippen LogP contribution in [0.25, 0.3) is 22.3 Å². The van der Waals surface area contributed by atoms with Crippen LogP contribution in [-0.2, 0) is 9.47 Å². The molecule has 0 saturated carbocycles. The highest BCUT2D eigenvalue weighted by atomic mass is 16.7. The van der Waals surface area contributed by atoms with Gasteiger partial charge in [-0.2, -0.15) is 0 Å². The maximum Gasteiger partial charge on any atom is 0.239 e. The van der Waals surface area contributed by atoms with Crippen LogP contribution in [0.4, 0.5) is 0 Å². The van der Waals surface area contributed by atoms with Crippen molar-refractivity contribution in [3.63, 3.8) is 0 Å². The summed E-state index contributed by atoms with van der Waals surface area (Å²) in [4.78, 5) is 13.8. The van der Waals surface area contributed by atoms with E-state index in [1.807, 2.05) is 0 Å². The molecule has 44 heavy (non-hydrogen) atoms. The molecule has 1 aromatic heterocycles. The van der Waals surface area contributed by atoms with Crippen LogP contribution in [0.1, 0.15) is 6.92 Å². The maximum atomic E-state index is 13.8. The molecule has 10 unspecified atom stereocenters. The van der Waals surface area contributed by atoms with Crippen LogP contribution in [0.15, 0.2) is 39.5 Å². The van der Waals surface area contributed by atoms with Gasteiger partial charge in [-0.3, -0.25) is 4.79 Å². The predicted molar refractivity (Wildman–Crippen MR) is 145 cm³/mol. The number of aromatic hydroxyl groups is 2. The summed E-state index contributed by atoms with van der Waals surface area (Å²) in [5, 5.41) is 91.8. The van der Waals surface area contributed by atoms with E-state index in [-0.39, 0.29) is 33.8 Å². The van der Waals surface area contributed by atoms with E-state index in [1.54, 1.807) is 0 Å². The number of hydrogen-bond acceptors (Lipinski definition) is 16. The number of aliphatic hydroxyl groups is 7. The Labute approximate surface area is 248 Å². The molecule has 3 aromatic rings. The van der Waals surface area contributed by atoms with E-state index >= 15 is 0 Å². The summed E-state index contributed by atoms with van der Waals surface area (Å²) in [6.45, 7) is 0.658. The first kappa shape index (κ1) is 31.7. The largest absolute Gasteiger partial charge is 0.507 e. The van der Waals surface area contributed by atoms with Gasteiger partial charge in [0.15, 0.2) is 17.3 Å². The Balaban J connectivity index is 1.62. The van der Waals surface area contributed by atoms with Crippen LogP contribution in [0.5, 0.6) is 28.7 Å². The minimum Gasteiger partial charge on any atom is -0.507 e. The van der Waals surface area contributed by atoms with Crippen molar-refractivity contribution in [2.75, 3.05) is 13.7 Å². The molecule has 0 aliphatic carbocycles. The first-order chi connectivity index (χ1) is 20.9. The van der Waals surface area contributed by atoms with Crippen LogP contribution in [0, 0.1) is 0 Å². The van der Waals surface area contributed by atoms with Crippen LogP contribution >= 0.6 is 0 Å². The molecule has 9 N–H and O–H groups in total. The maximum absolute atomic E-state index is 13.8. The minimum absolute atomic E-state index is 0.00219. The number of ether oxygens (including phenoxy) is 5. The Kier molecular flexibility index (Phi) is 8.90. The third-order valence-corrected chi connectivity index (χ3v) is 7.50. The second-order valence-electron chi connectivity index (χ2n) is 10.4. The fourth-order valence-corrected chi connectivity index (χ4v) is 4.94. The number of hydrogen-bond donors (Lipinski definition) is 9. The second kappa shape index (κ2) is 12.4. The van der Waals surface area contributed by atoms with Crippen molar-refractivity contribution in [1.29, 1.82) is 0 Å². The van der Waals surface area contributed by atoms with Gasteiger partial charge in [0.2, 0.25) is 23.8 Å². The lowest BCUT2D eigenvalue weighted by Gasteiger charge is -2.39. The minimum atomic E-state index is -1.91. The molecular formula is C28H32O16. The molecule has 3 heterocycles. The number of aliphatic hydroxyl groups excluding tert-OH is 7. The molecular weight excluding hydrogens is 592 g/mol. The predicted octanol–water partition coefficient (Wildman–Crippen LogP) is -1.74. The van der Waals surface area contributed by atoms with Gasteiger partial charge in [-0.05, 0) is 25.1 Å². The zero-order chi connectivity index (χ0) is 32.0. The Morgan fingerprint density at radius 2 is 1.45 bits per heavy atom. The van der Waals surface area contributed by atoms with Crippen molar-refractivity contribution in [1.82, 2.24) is 0 Å². The van der Waals surface area contributed by atoms with Crippen molar-refractivity contribution in [3.8, 4) is 40.1 Å². The molecule has 16 heteroatoms. The first-order valence-corrected chi connectivity index (χ1v) is 13.4. The molecule has 240 valence electrons. The molecule has 2 aliphatic rings. The monoisotopic (exact) mass is 624 g/mol. The van der Waals surface area contributed by atoms with E-state index in [4.69, 9.17) is 28.1 Å². The van der Waals surface area contributed by atoms with E-state index < -0.39 is 90.7 Å². The zero-order valence-corrected chi connectivity index (χ0v) is 23.3. The fourth-order valence-electron chi connectivity index (χ4n) is 4.94. The average molecular weight is 625 g/mol. The molecule has 0 bridgehead atoms. The van der Waals surface area contributed by atoms with Crippen molar-refractivity contribution in [3.05, 3.63) is 40.6 Å². The third-order valence-electron chi connectivity index (χ3n) is 7.50. The van der Waals surface area contributed by atoms with Gasteiger partial charge in [0.1, 0.15) is 65.2 Å². The summed E-state index contributed by atoms with van der Waals surface area (Å²) in [5.41, 5.74) is -1.14. The molecule has 16 nitrogen and oxygen atoms in total. The zero-order valence-electron chi connectivity index (χ0n) is 23.3. The smallest absolute Gasteiger partial charge is 0.239 e. The third kappa shape index (κ3) is 5.63. The van der Waals surface area contributed by atoms with Crippen molar-refractivity contribution in [2.45, 2.75) is 68.3 Å². The summed E-state index contributed by atoms with van der Waals surface area (Å²) in [7, 11) is 1.32. The Morgan fingerprint density at radius 3 is 2.11 bits per heavy atom. The van der Waals surface area contributed by atoms with Crippen molar-refractivity contribution >= 4 is 11.0 Å². The van der Waals surface area contributed by atoms with Crippen LogP contribution in [-0.4, -0.2) is 121 Å². The number of benzene rings is 2. The number of fused-ring (bicyclic) bond motifs is 1. The van der Waals surface area contributed by atoms with E-state index in [1.165, 1.54) is 26.2 Å². The Hall–Kier alpha value is -3.71. The number of rotatable bonds is 7. The Bertz CT molecular complexity index is 1550.